The van der Waals surface area contributed by atoms with Crippen LogP contribution in [0.4, 0.5) is 0 Å². The molecule has 0 radical (unpaired) electrons. The Morgan fingerprint density at radius 3 is 1.02 bits per heavy atom. The van der Waals surface area contributed by atoms with E-state index < -0.39 is 0 Å². The maximum absolute atomic E-state index is 5.76. The van der Waals surface area contributed by atoms with Crippen molar-refractivity contribution in [2.24, 2.45) is 0 Å². The Kier molecular flexibility index (Phi) is 9.14. The van der Waals surface area contributed by atoms with Crippen LogP contribution in [0, 0.1) is 0 Å². The summed E-state index contributed by atoms with van der Waals surface area (Å²) in [6.07, 6.45) is 9.19. The molecule has 4 heteroatoms. The molecular weight excluding hydrogens is 661 g/mol. The van der Waals surface area contributed by atoms with Crippen molar-refractivity contribution < 1.29 is 9.47 Å². The summed E-state index contributed by atoms with van der Waals surface area (Å²) in [5.74, 6) is 0. The van der Waals surface area contributed by atoms with E-state index in [1.165, 1.54) is 87.6 Å². The molecule has 0 saturated heterocycles. The predicted molar refractivity (Wildman–Crippen MR) is 225 cm³/mol. The Morgan fingerprint density at radius 2 is 0.722 bits per heavy atom. The Bertz CT molecular complexity index is 2490. The maximum Gasteiger partial charge on any atom is 0.0502 e. The van der Waals surface area contributed by atoms with Gasteiger partial charge in [0.25, 0.3) is 0 Å². The van der Waals surface area contributed by atoms with E-state index in [4.69, 9.17) is 9.47 Å². The van der Waals surface area contributed by atoms with Crippen molar-refractivity contribution >= 4 is 43.1 Å². The maximum atomic E-state index is 5.76. The molecule has 0 aliphatic carbocycles. The highest BCUT2D eigenvalue weighted by Gasteiger charge is 2.23. The summed E-state index contributed by atoms with van der Waals surface area (Å²) in [7, 11) is 3.57. The normalized spacial score (nSPS) is 11.6. The first-order chi connectivity index (χ1) is 26.8. The van der Waals surface area contributed by atoms with Crippen LogP contribution in [-0.4, -0.2) is 37.4 Å². The fourth-order valence-corrected chi connectivity index (χ4v) is 8.48. The summed E-state index contributed by atoms with van der Waals surface area (Å²) < 4.78 is 11.5. The van der Waals surface area contributed by atoms with Crippen LogP contribution in [0.2, 0.25) is 0 Å². The highest BCUT2D eigenvalue weighted by Crippen LogP contribution is 2.49. The largest absolute Gasteiger partial charge is 0.384 e. The molecule has 0 spiro atoms. The zero-order valence-corrected chi connectivity index (χ0v) is 30.6. The van der Waals surface area contributed by atoms with Gasteiger partial charge in [-0.2, -0.15) is 0 Å². The first-order valence-electron chi connectivity index (χ1n) is 18.6. The minimum atomic E-state index is 0.616. The molecule has 2 heterocycles. The molecule has 2 aromatic heterocycles. The van der Waals surface area contributed by atoms with Crippen molar-refractivity contribution in [1.82, 2.24) is 9.97 Å². The van der Waals surface area contributed by atoms with Crippen LogP contribution in [0.25, 0.3) is 87.6 Å². The molecule has 0 bridgehead atoms. The molecule has 0 fully saturated rings. The second kappa shape index (κ2) is 14.7. The van der Waals surface area contributed by atoms with E-state index in [0.29, 0.717) is 13.2 Å². The number of hydrogen-bond donors (Lipinski definition) is 0. The molecule has 0 atom stereocenters. The molecule has 0 N–H and O–H groups in total. The predicted octanol–water partition coefficient (Wildman–Crippen LogP) is 12.1. The molecule has 0 amide bonds. The summed E-state index contributed by atoms with van der Waals surface area (Å²) >= 11 is 0. The average molecular weight is 701 g/mol. The van der Waals surface area contributed by atoms with Gasteiger partial charge >= 0.3 is 0 Å². The summed E-state index contributed by atoms with van der Waals surface area (Å²) in [5, 5.41) is 9.68. The van der Waals surface area contributed by atoms with Crippen LogP contribution in [0.5, 0.6) is 0 Å². The van der Waals surface area contributed by atoms with Crippen molar-refractivity contribution in [3.8, 4) is 44.5 Å². The number of fused-ring (bicyclic) bond motifs is 4. The highest BCUT2D eigenvalue weighted by atomic mass is 16.5. The molecule has 0 aliphatic heterocycles. The van der Waals surface area contributed by atoms with Crippen molar-refractivity contribution in [1.29, 1.82) is 0 Å². The second-order valence-corrected chi connectivity index (χ2v) is 13.8. The van der Waals surface area contributed by atoms with E-state index in [0.717, 1.165) is 24.0 Å². The first-order valence-corrected chi connectivity index (χ1v) is 18.6. The molecule has 9 aromatic rings. The van der Waals surface area contributed by atoms with E-state index in [1.54, 1.807) is 14.2 Å². The number of ether oxygens (including phenoxy) is 2. The van der Waals surface area contributed by atoms with Crippen LogP contribution in [-0.2, 0) is 22.3 Å². The van der Waals surface area contributed by atoms with Gasteiger partial charge in [-0.1, -0.05) is 115 Å². The smallest absolute Gasteiger partial charge is 0.0502 e. The van der Waals surface area contributed by atoms with Gasteiger partial charge in [-0.15, -0.1) is 0 Å². The standard InChI is InChI=1S/C50H40N2O2/c1-53-27-23-33-29-34(24-28-54-2)46(50-43-21-9-5-17-39(43)48(36-14-12-26-52-32-36)40-18-6-10-22-44(40)50)30-45(33)49-41-19-7-3-15-37(41)47(35-13-11-25-51-31-35)38-16-4-8-20-42(38)49/h3-22,25-26,29-32H,23-24,27-28H2,1-2H3. The summed E-state index contributed by atoms with van der Waals surface area (Å²) in [5.41, 5.74) is 12.1. The van der Waals surface area contributed by atoms with E-state index in [9.17, 15) is 0 Å². The summed E-state index contributed by atoms with van der Waals surface area (Å²) in [6.45, 7) is 1.23. The van der Waals surface area contributed by atoms with Crippen molar-refractivity contribution in [2.45, 2.75) is 12.8 Å². The number of aromatic nitrogens is 2. The molecule has 4 nitrogen and oxygen atoms in total. The lowest BCUT2D eigenvalue weighted by Gasteiger charge is -2.24. The third kappa shape index (κ3) is 5.81. The SMILES string of the molecule is COCCc1cc(CCOC)c(-c2c3ccccc3c(-c3cccnc3)c3ccccc23)cc1-c1c2ccccc2c(-c2cccnc2)c2ccccc12. The fourth-order valence-electron chi connectivity index (χ4n) is 8.48. The van der Waals surface area contributed by atoms with E-state index >= 15 is 0 Å². The van der Waals surface area contributed by atoms with Gasteiger partial charge in [-0.25, -0.2) is 0 Å². The molecule has 0 saturated carbocycles. The van der Waals surface area contributed by atoms with Gasteiger partial charge in [-0.3, -0.25) is 9.97 Å². The van der Waals surface area contributed by atoms with E-state index in [-0.39, 0.29) is 0 Å². The summed E-state index contributed by atoms with van der Waals surface area (Å²) in [6, 6.07) is 48.7. The molecule has 54 heavy (non-hydrogen) atoms. The molecule has 9 rings (SSSR count). The molecule has 0 aliphatic rings. The van der Waals surface area contributed by atoms with Gasteiger partial charge in [0.1, 0.15) is 0 Å². The van der Waals surface area contributed by atoms with Gasteiger partial charge in [0.2, 0.25) is 0 Å². The molecule has 0 unspecified atom stereocenters. The zero-order valence-electron chi connectivity index (χ0n) is 30.6. The quantitative estimate of drug-likeness (QED) is 0.133. The topological polar surface area (TPSA) is 44.2 Å². The third-order valence-electron chi connectivity index (χ3n) is 10.8. The molecular formula is C50H40N2O2. The monoisotopic (exact) mass is 700 g/mol. The van der Waals surface area contributed by atoms with E-state index in [2.05, 4.69) is 131 Å². The van der Waals surface area contributed by atoms with Crippen molar-refractivity contribution in [2.75, 3.05) is 27.4 Å². The molecule has 7 aromatic carbocycles. The average Bonchev–Trinajstić information content (AvgIpc) is 3.23. The number of methoxy groups -OCH3 is 2. The lowest BCUT2D eigenvalue weighted by molar-refractivity contribution is 0.201. The Balaban J connectivity index is 1.43. The van der Waals surface area contributed by atoms with Gasteiger partial charge < -0.3 is 9.47 Å². The van der Waals surface area contributed by atoms with Gasteiger partial charge in [0, 0.05) is 50.1 Å². The number of hydrogen-bond acceptors (Lipinski definition) is 4. The number of pyridine rings is 2. The fraction of sp³-hybridized carbons (Fsp3) is 0.120. The Morgan fingerprint density at radius 1 is 0.389 bits per heavy atom. The van der Waals surface area contributed by atoms with Gasteiger partial charge in [-0.05, 0) is 119 Å². The van der Waals surface area contributed by atoms with E-state index in [1.807, 2.05) is 36.9 Å². The first kappa shape index (κ1) is 33.6. The third-order valence-corrected chi connectivity index (χ3v) is 10.8. The summed E-state index contributed by atoms with van der Waals surface area (Å²) in [4.78, 5) is 9.06. The van der Waals surface area contributed by atoms with Gasteiger partial charge in [0.15, 0.2) is 0 Å². The van der Waals surface area contributed by atoms with Crippen LogP contribution < -0.4 is 0 Å². The lowest BCUT2D eigenvalue weighted by Crippen LogP contribution is -2.04. The zero-order chi connectivity index (χ0) is 36.4. The second-order valence-electron chi connectivity index (χ2n) is 13.8. The number of benzene rings is 7. The Labute approximate surface area is 315 Å². The lowest BCUT2D eigenvalue weighted by atomic mass is 9.80. The number of rotatable bonds is 10. The minimum absolute atomic E-state index is 0.616. The van der Waals surface area contributed by atoms with Crippen LogP contribution in [0.3, 0.4) is 0 Å². The Hall–Kier alpha value is -6.20. The van der Waals surface area contributed by atoms with Crippen LogP contribution in [0.15, 0.2) is 158 Å². The van der Waals surface area contributed by atoms with Crippen LogP contribution >= 0.6 is 0 Å². The van der Waals surface area contributed by atoms with Crippen molar-refractivity contribution in [3.05, 3.63) is 169 Å². The van der Waals surface area contributed by atoms with Crippen molar-refractivity contribution in [3.63, 3.8) is 0 Å². The van der Waals surface area contributed by atoms with Gasteiger partial charge in [0.05, 0.1) is 13.2 Å². The number of nitrogens with zero attached hydrogens (tertiary/aromatic N) is 2. The minimum Gasteiger partial charge on any atom is -0.384 e. The van der Waals surface area contributed by atoms with Crippen LogP contribution in [0.1, 0.15) is 11.1 Å². The highest BCUT2D eigenvalue weighted by molar-refractivity contribution is 6.24. The molecule has 262 valence electrons.